The van der Waals surface area contributed by atoms with E-state index < -0.39 is 12.4 Å². The SMILES string of the molecule is O=C(CC1OCCCO1)N1CCC[C@H]1C[C@@H](O)c1ccc(F)cc1. The number of halogens is 1. The third-order valence-electron chi connectivity index (χ3n) is 4.69. The molecule has 2 aliphatic rings. The summed E-state index contributed by atoms with van der Waals surface area (Å²) < 4.78 is 23.9. The Kier molecular flexibility index (Phi) is 5.81. The highest BCUT2D eigenvalue weighted by atomic mass is 19.1. The maximum atomic E-state index is 13.0. The Morgan fingerprint density at radius 3 is 2.67 bits per heavy atom. The number of likely N-dealkylation sites (tertiary alicyclic amines) is 1. The number of hydrogen-bond donors (Lipinski definition) is 1. The van der Waals surface area contributed by atoms with E-state index in [4.69, 9.17) is 9.47 Å². The van der Waals surface area contributed by atoms with Crippen molar-refractivity contribution in [2.75, 3.05) is 19.8 Å². The molecule has 0 saturated carbocycles. The first-order valence-electron chi connectivity index (χ1n) is 8.59. The zero-order valence-corrected chi connectivity index (χ0v) is 13.7. The molecule has 132 valence electrons. The van der Waals surface area contributed by atoms with E-state index in [9.17, 15) is 14.3 Å². The molecule has 0 radical (unpaired) electrons. The van der Waals surface area contributed by atoms with Crippen LogP contribution in [0.15, 0.2) is 24.3 Å². The van der Waals surface area contributed by atoms with Crippen LogP contribution in [0.5, 0.6) is 0 Å². The van der Waals surface area contributed by atoms with Gasteiger partial charge in [0.15, 0.2) is 6.29 Å². The first kappa shape index (κ1) is 17.3. The fraction of sp³-hybridized carbons (Fsp3) is 0.611. The van der Waals surface area contributed by atoms with Gasteiger partial charge >= 0.3 is 0 Å². The van der Waals surface area contributed by atoms with E-state index in [1.165, 1.54) is 12.1 Å². The van der Waals surface area contributed by atoms with Gasteiger partial charge in [-0.25, -0.2) is 4.39 Å². The van der Waals surface area contributed by atoms with E-state index in [0.717, 1.165) is 19.3 Å². The number of carbonyl (C=O) groups excluding carboxylic acids is 1. The average Bonchev–Trinajstić information content (AvgIpc) is 3.04. The van der Waals surface area contributed by atoms with Gasteiger partial charge < -0.3 is 19.5 Å². The van der Waals surface area contributed by atoms with Gasteiger partial charge in [0.2, 0.25) is 5.91 Å². The van der Waals surface area contributed by atoms with Gasteiger partial charge in [-0.1, -0.05) is 12.1 Å². The molecule has 6 heteroatoms. The van der Waals surface area contributed by atoms with Crippen molar-refractivity contribution in [3.8, 4) is 0 Å². The van der Waals surface area contributed by atoms with Crippen LogP contribution in [0.3, 0.4) is 0 Å². The van der Waals surface area contributed by atoms with E-state index in [-0.39, 0.29) is 24.2 Å². The molecule has 2 atom stereocenters. The third kappa shape index (κ3) is 4.32. The number of carbonyl (C=O) groups is 1. The van der Waals surface area contributed by atoms with Gasteiger partial charge in [0.25, 0.3) is 0 Å². The van der Waals surface area contributed by atoms with Crippen molar-refractivity contribution in [1.29, 1.82) is 0 Å². The van der Waals surface area contributed by atoms with Gasteiger partial charge in [-0.3, -0.25) is 4.79 Å². The number of aliphatic hydroxyl groups is 1. The predicted octanol–water partition coefficient (Wildman–Crippen LogP) is 2.39. The Morgan fingerprint density at radius 2 is 1.96 bits per heavy atom. The minimum atomic E-state index is -0.703. The molecule has 2 fully saturated rings. The summed E-state index contributed by atoms with van der Waals surface area (Å²) in [5.41, 5.74) is 0.676. The lowest BCUT2D eigenvalue weighted by atomic mass is 10.0. The lowest BCUT2D eigenvalue weighted by Gasteiger charge is -2.29. The molecule has 0 bridgehead atoms. The highest BCUT2D eigenvalue weighted by Gasteiger charge is 2.32. The molecule has 2 heterocycles. The van der Waals surface area contributed by atoms with E-state index in [1.54, 1.807) is 12.1 Å². The number of benzene rings is 1. The molecular weight excluding hydrogens is 313 g/mol. The van der Waals surface area contributed by atoms with Gasteiger partial charge in [-0.05, 0) is 43.4 Å². The summed E-state index contributed by atoms with van der Waals surface area (Å²) in [5.74, 6) is -0.313. The zero-order valence-electron chi connectivity index (χ0n) is 13.7. The van der Waals surface area contributed by atoms with Gasteiger partial charge in [-0.2, -0.15) is 0 Å². The van der Waals surface area contributed by atoms with Crippen LogP contribution >= 0.6 is 0 Å². The highest BCUT2D eigenvalue weighted by Crippen LogP contribution is 2.28. The van der Waals surface area contributed by atoms with Gasteiger partial charge in [0.05, 0.1) is 25.7 Å². The summed E-state index contributed by atoms with van der Waals surface area (Å²) in [6.45, 7) is 1.96. The topological polar surface area (TPSA) is 59.0 Å². The van der Waals surface area contributed by atoms with Crippen molar-refractivity contribution >= 4 is 5.91 Å². The van der Waals surface area contributed by atoms with E-state index in [2.05, 4.69) is 0 Å². The predicted molar refractivity (Wildman–Crippen MR) is 85.6 cm³/mol. The van der Waals surface area contributed by atoms with E-state index in [1.807, 2.05) is 4.90 Å². The maximum absolute atomic E-state index is 13.0. The molecule has 2 aliphatic heterocycles. The Balaban J connectivity index is 1.56. The normalized spacial score (nSPS) is 23.4. The quantitative estimate of drug-likeness (QED) is 0.896. The first-order valence-corrected chi connectivity index (χ1v) is 8.59. The van der Waals surface area contributed by atoms with Crippen LogP contribution in [-0.4, -0.2) is 48.0 Å². The largest absolute Gasteiger partial charge is 0.388 e. The van der Waals surface area contributed by atoms with Crippen molar-refractivity contribution in [2.45, 2.75) is 50.5 Å². The molecule has 5 nitrogen and oxygen atoms in total. The third-order valence-corrected chi connectivity index (χ3v) is 4.69. The number of ether oxygens (including phenoxy) is 2. The van der Waals surface area contributed by atoms with Gasteiger partial charge in [-0.15, -0.1) is 0 Å². The smallest absolute Gasteiger partial charge is 0.227 e. The summed E-state index contributed by atoms with van der Waals surface area (Å²) in [7, 11) is 0. The number of amides is 1. The Bertz CT molecular complexity index is 544. The molecule has 1 N–H and O–H groups in total. The van der Waals surface area contributed by atoms with Crippen LogP contribution < -0.4 is 0 Å². The molecular formula is C18H24FNO4. The maximum Gasteiger partial charge on any atom is 0.227 e. The fourth-order valence-corrected chi connectivity index (χ4v) is 3.40. The highest BCUT2D eigenvalue weighted by molar-refractivity contribution is 5.77. The van der Waals surface area contributed by atoms with Crippen molar-refractivity contribution in [3.63, 3.8) is 0 Å². The number of aliphatic hydroxyl groups excluding tert-OH is 1. The van der Waals surface area contributed by atoms with Gasteiger partial charge in [0, 0.05) is 12.6 Å². The fourth-order valence-electron chi connectivity index (χ4n) is 3.40. The second-order valence-electron chi connectivity index (χ2n) is 6.42. The minimum absolute atomic E-state index is 0.00106. The van der Waals surface area contributed by atoms with Crippen molar-refractivity contribution in [3.05, 3.63) is 35.6 Å². The van der Waals surface area contributed by atoms with Crippen molar-refractivity contribution in [1.82, 2.24) is 4.90 Å². The standard InChI is InChI=1S/C18H24FNO4/c19-14-6-4-13(5-7-14)16(21)11-15-3-1-8-20(15)17(22)12-18-23-9-2-10-24-18/h4-7,15-16,18,21H,1-3,8-12H2/t15-,16+/m0/s1. The molecule has 0 spiro atoms. The molecule has 1 aromatic carbocycles. The lowest BCUT2D eigenvalue weighted by Crippen LogP contribution is -2.39. The van der Waals surface area contributed by atoms with Crippen molar-refractivity contribution < 1.29 is 23.8 Å². The summed E-state index contributed by atoms with van der Waals surface area (Å²) >= 11 is 0. The summed E-state index contributed by atoms with van der Waals surface area (Å²) in [6.07, 6.45) is 2.20. The summed E-state index contributed by atoms with van der Waals surface area (Å²) in [5, 5.41) is 10.4. The molecule has 2 saturated heterocycles. The van der Waals surface area contributed by atoms with E-state index in [0.29, 0.717) is 31.7 Å². The molecule has 1 aromatic rings. The Morgan fingerprint density at radius 1 is 1.25 bits per heavy atom. The second kappa shape index (κ2) is 8.05. The van der Waals surface area contributed by atoms with Crippen molar-refractivity contribution in [2.24, 2.45) is 0 Å². The average molecular weight is 337 g/mol. The van der Waals surface area contributed by atoms with Crippen LogP contribution in [0.25, 0.3) is 0 Å². The second-order valence-corrected chi connectivity index (χ2v) is 6.42. The van der Waals surface area contributed by atoms with Gasteiger partial charge in [0.1, 0.15) is 5.82 Å². The number of nitrogens with zero attached hydrogens (tertiary/aromatic N) is 1. The Labute approximate surface area is 141 Å². The summed E-state index contributed by atoms with van der Waals surface area (Å²) in [4.78, 5) is 14.3. The molecule has 0 aliphatic carbocycles. The minimum Gasteiger partial charge on any atom is -0.388 e. The van der Waals surface area contributed by atoms with E-state index >= 15 is 0 Å². The number of hydrogen-bond acceptors (Lipinski definition) is 4. The van der Waals surface area contributed by atoms with Crippen LogP contribution in [0.1, 0.15) is 43.8 Å². The first-order chi connectivity index (χ1) is 11.6. The Hall–Kier alpha value is -1.50. The lowest BCUT2D eigenvalue weighted by molar-refractivity contribution is -0.187. The monoisotopic (exact) mass is 337 g/mol. The van der Waals surface area contributed by atoms with Crippen LogP contribution in [-0.2, 0) is 14.3 Å². The molecule has 1 amide bonds. The van der Waals surface area contributed by atoms with Crippen LogP contribution in [0.4, 0.5) is 4.39 Å². The molecule has 24 heavy (non-hydrogen) atoms. The summed E-state index contributed by atoms with van der Waals surface area (Å²) in [6, 6.07) is 5.86. The molecule has 0 aromatic heterocycles. The zero-order chi connectivity index (χ0) is 16.9. The van der Waals surface area contributed by atoms with Crippen LogP contribution in [0.2, 0.25) is 0 Å². The molecule has 0 unspecified atom stereocenters. The molecule has 3 rings (SSSR count). The van der Waals surface area contributed by atoms with Crippen LogP contribution in [0, 0.1) is 5.82 Å². The number of rotatable bonds is 5.